The third-order valence-corrected chi connectivity index (χ3v) is 4.99. The number of benzene rings is 1. The van der Waals surface area contributed by atoms with Crippen LogP contribution >= 0.6 is 0 Å². The van der Waals surface area contributed by atoms with Crippen LogP contribution in [-0.4, -0.2) is 42.8 Å². The summed E-state index contributed by atoms with van der Waals surface area (Å²) in [5.41, 5.74) is 0.925. The topological polar surface area (TPSA) is 52.6 Å². The maximum Gasteiger partial charge on any atom is 0.430 e. The fraction of sp³-hybridized carbons (Fsp3) is 0.708. The molecule has 1 rings (SSSR count). The third-order valence-electron chi connectivity index (χ3n) is 4.99. The van der Waals surface area contributed by atoms with Crippen LogP contribution in [-0.2, 0) is 4.79 Å². The van der Waals surface area contributed by atoms with Crippen LogP contribution in [0.2, 0.25) is 0 Å². The van der Waals surface area contributed by atoms with E-state index in [1.165, 1.54) is 57.6 Å². The van der Waals surface area contributed by atoms with Gasteiger partial charge in [0.25, 0.3) is 0 Å². The number of aryl methyl sites for hydroxylation is 1. The highest BCUT2D eigenvalue weighted by molar-refractivity contribution is 5.70. The van der Waals surface area contributed by atoms with Crippen molar-refractivity contribution in [2.75, 3.05) is 19.7 Å². The van der Waals surface area contributed by atoms with Crippen molar-refractivity contribution in [3.05, 3.63) is 29.6 Å². The molecule has 1 aromatic rings. The highest BCUT2D eigenvalue weighted by Gasteiger charge is 2.28. The Morgan fingerprint density at radius 1 is 1.03 bits per heavy atom. The van der Waals surface area contributed by atoms with Gasteiger partial charge in [-0.2, -0.15) is 13.2 Å². The monoisotopic (exact) mass is 464 g/mol. The van der Waals surface area contributed by atoms with Crippen molar-refractivity contribution in [1.82, 2.24) is 4.90 Å². The molecule has 0 spiro atoms. The maximum atomic E-state index is 13.8. The number of carboxylic acid groups (broad SMARTS) is 1. The molecule has 0 aliphatic heterocycles. The first-order chi connectivity index (χ1) is 15.1. The van der Waals surface area contributed by atoms with Crippen LogP contribution < -0.4 is 9.84 Å². The van der Waals surface area contributed by atoms with Gasteiger partial charge in [0.1, 0.15) is 5.97 Å². The van der Waals surface area contributed by atoms with Crippen molar-refractivity contribution >= 4 is 5.97 Å². The van der Waals surface area contributed by atoms with Crippen LogP contribution in [0, 0.1) is 12.7 Å². The molecule has 0 amide bonds. The van der Waals surface area contributed by atoms with Gasteiger partial charge in [-0.1, -0.05) is 52.5 Å². The Kier molecular flexibility index (Phi) is 15.8. The molecular formula is C24H38F4NO3-. The minimum atomic E-state index is -5.19. The van der Waals surface area contributed by atoms with Crippen LogP contribution in [0.4, 0.5) is 17.6 Å². The third kappa shape index (κ3) is 13.6. The van der Waals surface area contributed by atoms with Gasteiger partial charge in [0.15, 0.2) is 11.6 Å². The van der Waals surface area contributed by atoms with E-state index in [1.807, 2.05) is 13.0 Å². The first kappa shape index (κ1) is 30.2. The predicted molar refractivity (Wildman–Crippen MR) is 117 cm³/mol. The number of ether oxygens (including phenoxy) is 1. The molecule has 0 aromatic heterocycles. The van der Waals surface area contributed by atoms with E-state index in [4.69, 9.17) is 14.6 Å². The molecule has 32 heavy (non-hydrogen) atoms. The van der Waals surface area contributed by atoms with E-state index < -0.39 is 12.1 Å². The highest BCUT2D eigenvalue weighted by Crippen LogP contribution is 2.19. The lowest BCUT2D eigenvalue weighted by Gasteiger charge is -2.32. The Morgan fingerprint density at radius 2 is 1.62 bits per heavy atom. The van der Waals surface area contributed by atoms with E-state index in [9.17, 15) is 17.6 Å². The van der Waals surface area contributed by atoms with E-state index >= 15 is 0 Å². The molecule has 4 nitrogen and oxygen atoms in total. The Hall–Kier alpha value is -1.83. The average molecular weight is 465 g/mol. The number of rotatable bonds is 14. The lowest BCUT2D eigenvalue weighted by atomic mass is 10.0. The number of hydrogen-bond donors (Lipinski definition) is 0. The molecule has 1 unspecified atom stereocenters. The smallest absolute Gasteiger partial charge is 0.430 e. The summed E-state index contributed by atoms with van der Waals surface area (Å²) in [6.45, 7) is 11.5. The minimum absolute atomic E-state index is 0.255. The van der Waals surface area contributed by atoms with Crippen LogP contribution in [0.3, 0.4) is 0 Å². The van der Waals surface area contributed by atoms with Crippen molar-refractivity contribution in [3.63, 3.8) is 0 Å². The Bertz CT molecular complexity index is 638. The van der Waals surface area contributed by atoms with E-state index in [1.54, 1.807) is 6.07 Å². The average Bonchev–Trinajstić information content (AvgIpc) is 2.72. The van der Waals surface area contributed by atoms with E-state index in [-0.39, 0.29) is 5.82 Å². The van der Waals surface area contributed by atoms with Gasteiger partial charge < -0.3 is 19.5 Å². The number of carbonyl (C=O) groups is 1. The Balaban J connectivity index is 0.00000118. The first-order valence-electron chi connectivity index (χ1n) is 11.5. The number of carboxylic acids is 1. The maximum absolute atomic E-state index is 13.8. The molecular weight excluding hydrogens is 426 g/mol. The van der Waals surface area contributed by atoms with Crippen LogP contribution in [0.15, 0.2) is 18.2 Å². The largest absolute Gasteiger partial charge is 0.542 e. The number of aliphatic carboxylic acids is 1. The number of carbonyl (C=O) groups excluding carboxylic acids is 1. The van der Waals surface area contributed by atoms with Gasteiger partial charge in [-0.3, -0.25) is 0 Å². The Morgan fingerprint density at radius 3 is 2.12 bits per heavy atom. The SMILES string of the molecule is CCCCC(CCC)N(CCCC)CCCOc1ccc(C)cc1F.O=C([O-])C(F)(F)F. The van der Waals surface area contributed by atoms with Gasteiger partial charge in [-0.05, 0) is 56.8 Å². The molecule has 186 valence electrons. The number of hydrogen-bond acceptors (Lipinski definition) is 4. The van der Waals surface area contributed by atoms with Gasteiger partial charge in [0.05, 0.1) is 6.61 Å². The van der Waals surface area contributed by atoms with Crippen molar-refractivity contribution in [3.8, 4) is 5.75 Å². The van der Waals surface area contributed by atoms with Gasteiger partial charge in [-0.15, -0.1) is 0 Å². The molecule has 0 fully saturated rings. The van der Waals surface area contributed by atoms with Gasteiger partial charge in [0, 0.05) is 12.6 Å². The second-order valence-corrected chi connectivity index (χ2v) is 7.90. The van der Waals surface area contributed by atoms with Crippen molar-refractivity contribution in [1.29, 1.82) is 0 Å². The summed E-state index contributed by atoms with van der Waals surface area (Å²) in [5.74, 6) is -2.89. The lowest BCUT2D eigenvalue weighted by Crippen LogP contribution is -2.37. The van der Waals surface area contributed by atoms with E-state index in [2.05, 4.69) is 25.7 Å². The summed E-state index contributed by atoms with van der Waals surface area (Å²) in [4.78, 5) is 11.4. The second-order valence-electron chi connectivity index (χ2n) is 7.90. The van der Waals surface area contributed by atoms with Gasteiger partial charge in [-0.25, -0.2) is 4.39 Å². The van der Waals surface area contributed by atoms with Crippen molar-refractivity contribution in [2.24, 2.45) is 0 Å². The summed E-state index contributed by atoms with van der Waals surface area (Å²) in [7, 11) is 0. The fourth-order valence-corrected chi connectivity index (χ4v) is 3.29. The lowest BCUT2D eigenvalue weighted by molar-refractivity contribution is -0.344. The highest BCUT2D eigenvalue weighted by atomic mass is 19.4. The normalized spacial score (nSPS) is 12.3. The van der Waals surface area contributed by atoms with Gasteiger partial charge in [0.2, 0.25) is 0 Å². The van der Waals surface area contributed by atoms with Crippen molar-refractivity contribution in [2.45, 2.75) is 91.3 Å². The minimum Gasteiger partial charge on any atom is -0.542 e. The number of nitrogens with zero attached hydrogens (tertiary/aromatic N) is 1. The zero-order valence-corrected chi connectivity index (χ0v) is 19.8. The quantitative estimate of drug-likeness (QED) is 0.263. The summed E-state index contributed by atoms with van der Waals surface area (Å²) < 4.78 is 51.0. The number of alkyl halides is 3. The van der Waals surface area contributed by atoms with Crippen LogP contribution in [0.5, 0.6) is 5.75 Å². The molecule has 0 aliphatic carbocycles. The second kappa shape index (κ2) is 16.8. The summed E-state index contributed by atoms with van der Waals surface area (Å²) >= 11 is 0. The molecule has 0 heterocycles. The zero-order chi connectivity index (χ0) is 24.6. The molecule has 0 radical (unpaired) electrons. The number of halogens is 4. The molecule has 1 aromatic carbocycles. The molecule has 0 N–H and O–H groups in total. The van der Waals surface area contributed by atoms with Crippen LogP contribution in [0.1, 0.15) is 77.7 Å². The molecule has 1 atom stereocenters. The van der Waals surface area contributed by atoms with E-state index in [0.717, 1.165) is 18.5 Å². The zero-order valence-electron chi connectivity index (χ0n) is 19.8. The van der Waals surface area contributed by atoms with Gasteiger partial charge >= 0.3 is 6.18 Å². The number of unbranched alkanes of at least 4 members (excludes halogenated alkanes) is 2. The summed E-state index contributed by atoms with van der Waals surface area (Å²) in [6.07, 6.45) is 4.61. The molecule has 0 bridgehead atoms. The molecule has 8 heteroatoms. The van der Waals surface area contributed by atoms with E-state index in [0.29, 0.717) is 18.4 Å². The summed E-state index contributed by atoms with van der Waals surface area (Å²) in [5, 5.41) is 8.78. The standard InChI is InChI=1S/C22H38FNO.C2HF3O2/c1-5-8-12-20(11-7-3)24(15-9-6-2)16-10-17-25-22-14-13-19(4)18-21(22)23;3-2(4,5)1(6)7/h13-14,18,20H,5-12,15-17H2,1-4H3;(H,6,7)/p-1. The molecule has 0 saturated carbocycles. The summed E-state index contributed by atoms with van der Waals surface area (Å²) in [6, 6.07) is 5.85. The van der Waals surface area contributed by atoms with Crippen molar-refractivity contribution < 1.29 is 32.2 Å². The van der Waals surface area contributed by atoms with Crippen LogP contribution in [0.25, 0.3) is 0 Å². The fourth-order valence-electron chi connectivity index (χ4n) is 3.29. The predicted octanol–water partition coefficient (Wildman–Crippen LogP) is 5.66. The molecule has 0 saturated heterocycles. The Labute approximate surface area is 189 Å². The first-order valence-corrected chi connectivity index (χ1v) is 11.5. The molecule has 0 aliphatic rings.